The molecule has 2 saturated carbocycles. The van der Waals surface area contributed by atoms with Crippen LogP contribution in [-0.4, -0.2) is 46.6 Å². The van der Waals surface area contributed by atoms with Gasteiger partial charge in [0.1, 0.15) is 24.4 Å². The Labute approximate surface area is 199 Å². The zero-order valence-electron chi connectivity index (χ0n) is 19.0. The molecule has 2 unspecified atom stereocenters. The van der Waals surface area contributed by atoms with Gasteiger partial charge in [-0.15, -0.1) is 5.92 Å². The van der Waals surface area contributed by atoms with E-state index in [0.29, 0.717) is 30.0 Å². The molecule has 0 radical (unpaired) electrons. The van der Waals surface area contributed by atoms with Gasteiger partial charge in [-0.25, -0.2) is 15.1 Å². The van der Waals surface area contributed by atoms with Gasteiger partial charge in [0, 0.05) is 24.9 Å². The molecule has 182 valence electrons. The minimum atomic E-state index is -3.95. The SMILES string of the molecule is NS(=O)(=O)OCC1CCC(Nc2ncncc2C(=O)c2ccn(CC#CCC3CCCC3)n2)C1. The molecule has 11 heteroatoms. The van der Waals surface area contributed by atoms with E-state index in [1.165, 1.54) is 38.2 Å². The summed E-state index contributed by atoms with van der Waals surface area (Å²) >= 11 is 0. The van der Waals surface area contributed by atoms with Crippen molar-refractivity contribution in [3.63, 3.8) is 0 Å². The van der Waals surface area contributed by atoms with E-state index in [-0.39, 0.29) is 24.3 Å². The van der Waals surface area contributed by atoms with Crippen LogP contribution in [0.4, 0.5) is 5.82 Å². The highest BCUT2D eigenvalue weighted by molar-refractivity contribution is 7.84. The fraction of sp³-hybridized carbons (Fsp3) is 0.565. The number of nitrogens with one attached hydrogen (secondary N) is 1. The highest BCUT2D eigenvalue weighted by Gasteiger charge is 2.28. The number of anilines is 1. The molecule has 10 nitrogen and oxygen atoms in total. The average molecular weight is 487 g/mol. The highest BCUT2D eigenvalue weighted by atomic mass is 32.2. The third-order valence-corrected chi connectivity index (χ3v) is 6.88. The molecule has 2 aromatic rings. The van der Waals surface area contributed by atoms with Crippen molar-refractivity contribution in [3.05, 3.63) is 36.0 Å². The number of nitrogens with two attached hydrogens (primary N) is 1. The molecule has 0 aromatic carbocycles. The maximum atomic E-state index is 13.1. The second-order valence-electron chi connectivity index (χ2n) is 9.02. The zero-order chi connectivity index (χ0) is 24.0. The molecule has 34 heavy (non-hydrogen) atoms. The summed E-state index contributed by atoms with van der Waals surface area (Å²) in [6.45, 7) is 0.494. The Kier molecular flexibility index (Phi) is 7.92. The van der Waals surface area contributed by atoms with Crippen LogP contribution in [0.1, 0.15) is 67.4 Å². The zero-order valence-corrected chi connectivity index (χ0v) is 19.8. The van der Waals surface area contributed by atoms with Crippen LogP contribution in [0.25, 0.3) is 0 Å². The van der Waals surface area contributed by atoms with E-state index in [9.17, 15) is 13.2 Å². The lowest BCUT2D eigenvalue weighted by Crippen LogP contribution is -2.22. The predicted molar refractivity (Wildman–Crippen MR) is 126 cm³/mol. The van der Waals surface area contributed by atoms with Crippen LogP contribution in [0.5, 0.6) is 0 Å². The first-order valence-corrected chi connectivity index (χ1v) is 13.1. The highest BCUT2D eigenvalue weighted by Crippen LogP contribution is 2.29. The fourth-order valence-electron chi connectivity index (χ4n) is 4.63. The first-order chi connectivity index (χ1) is 16.4. The summed E-state index contributed by atoms with van der Waals surface area (Å²) < 4.78 is 28.4. The molecule has 2 fully saturated rings. The first-order valence-electron chi connectivity index (χ1n) is 11.6. The maximum absolute atomic E-state index is 13.1. The molecule has 0 bridgehead atoms. The van der Waals surface area contributed by atoms with Gasteiger partial charge in [-0.3, -0.25) is 13.7 Å². The van der Waals surface area contributed by atoms with Crippen LogP contribution in [0.3, 0.4) is 0 Å². The lowest BCUT2D eigenvalue weighted by Gasteiger charge is -2.15. The summed E-state index contributed by atoms with van der Waals surface area (Å²) in [7, 11) is -3.95. The number of ketones is 1. The second-order valence-corrected chi connectivity index (χ2v) is 10.2. The van der Waals surface area contributed by atoms with Crippen molar-refractivity contribution in [2.45, 2.75) is 64.0 Å². The number of nitrogens with zero attached hydrogens (tertiary/aromatic N) is 4. The minimum absolute atomic E-state index is 0.0308. The van der Waals surface area contributed by atoms with Gasteiger partial charge in [-0.2, -0.15) is 13.5 Å². The van der Waals surface area contributed by atoms with Crippen molar-refractivity contribution in [3.8, 4) is 11.8 Å². The fourth-order valence-corrected chi connectivity index (χ4v) is 5.01. The van der Waals surface area contributed by atoms with E-state index in [0.717, 1.165) is 25.2 Å². The van der Waals surface area contributed by atoms with E-state index in [2.05, 4.69) is 32.2 Å². The van der Waals surface area contributed by atoms with Gasteiger partial charge in [0.2, 0.25) is 5.78 Å². The monoisotopic (exact) mass is 486 g/mol. The number of aromatic nitrogens is 4. The molecule has 2 heterocycles. The van der Waals surface area contributed by atoms with Gasteiger partial charge in [-0.05, 0) is 50.0 Å². The van der Waals surface area contributed by atoms with E-state index >= 15 is 0 Å². The van der Waals surface area contributed by atoms with Gasteiger partial charge in [0.25, 0.3) is 0 Å². The molecule has 0 aliphatic heterocycles. The molecule has 0 amide bonds. The summed E-state index contributed by atoms with van der Waals surface area (Å²) in [5.41, 5.74) is 0.644. The average Bonchev–Trinajstić information content (AvgIpc) is 3.57. The van der Waals surface area contributed by atoms with Crippen molar-refractivity contribution < 1.29 is 17.4 Å². The Bertz CT molecular complexity index is 1160. The Morgan fingerprint density at radius 2 is 2.03 bits per heavy atom. The molecule has 3 N–H and O–H groups in total. The number of rotatable bonds is 9. The van der Waals surface area contributed by atoms with Gasteiger partial charge in [0.05, 0.1) is 12.2 Å². The smallest absolute Gasteiger partial charge is 0.333 e. The quantitative estimate of drug-likeness (QED) is 0.406. The molecule has 0 saturated heterocycles. The van der Waals surface area contributed by atoms with Gasteiger partial charge < -0.3 is 5.32 Å². The largest absolute Gasteiger partial charge is 0.367 e. The van der Waals surface area contributed by atoms with E-state index in [1.807, 2.05) is 0 Å². The van der Waals surface area contributed by atoms with Crippen LogP contribution >= 0.6 is 0 Å². The first kappa shape index (κ1) is 24.3. The summed E-state index contributed by atoms with van der Waals surface area (Å²) in [5, 5.41) is 12.6. The number of carbonyl (C=O) groups excluding carboxylic acids is 1. The minimum Gasteiger partial charge on any atom is -0.367 e. The Hall–Kier alpha value is -2.81. The predicted octanol–water partition coefficient (Wildman–Crippen LogP) is 2.29. The number of hydrogen-bond acceptors (Lipinski definition) is 8. The molecule has 4 rings (SSSR count). The van der Waals surface area contributed by atoms with Crippen LogP contribution in [-0.2, 0) is 21.0 Å². The van der Waals surface area contributed by atoms with Crippen molar-refractivity contribution in [2.75, 3.05) is 11.9 Å². The Balaban J connectivity index is 1.34. The Morgan fingerprint density at radius 3 is 2.82 bits per heavy atom. The molecule has 0 spiro atoms. The van der Waals surface area contributed by atoms with Crippen molar-refractivity contribution in [1.29, 1.82) is 0 Å². The van der Waals surface area contributed by atoms with Gasteiger partial charge in [0.15, 0.2) is 0 Å². The lowest BCUT2D eigenvalue weighted by molar-refractivity contribution is 0.103. The van der Waals surface area contributed by atoms with E-state index in [1.54, 1.807) is 16.9 Å². The summed E-state index contributed by atoms with van der Waals surface area (Å²) in [5.74, 6) is 7.34. The topological polar surface area (TPSA) is 142 Å². The second kappa shape index (κ2) is 11.1. The van der Waals surface area contributed by atoms with Crippen molar-refractivity contribution in [1.82, 2.24) is 19.7 Å². The van der Waals surface area contributed by atoms with Crippen molar-refractivity contribution >= 4 is 21.9 Å². The molecule has 2 aliphatic carbocycles. The lowest BCUT2D eigenvalue weighted by atomic mass is 10.1. The summed E-state index contributed by atoms with van der Waals surface area (Å²) in [6.07, 6.45) is 13.0. The van der Waals surface area contributed by atoms with Crippen LogP contribution in [0.15, 0.2) is 24.8 Å². The summed E-state index contributed by atoms with van der Waals surface area (Å²) in [4.78, 5) is 21.4. The van der Waals surface area contributed by atoms with Gasteiger partial charge >= 0.3 is 10.3 Å². The maximum Gasteiger partial charge on any atom is 0.333 e. The Morgan fingerprint density at radius 1 is 1.21 bits per heavy atom. The molecular weight excluding hydrogens is 456 g/mol. The third-order valence-electron chi connectivity index (χ3n) is 6.41. The molecule has 2 aromatic heterocycles. The van der Waals surface area contributed by atoms with Crippen LogP contribution in [0, 0.1) is 23.7 Å². The van der Waals surface area contributed by atoms with Crippen LogP contribution < -0.4 is 10.5 Å². The molecular formula is C23H30N6O4S. The third kappa shape index (κ3) is 6.85. The standard InChI is InChI=1S/C23H30N6O4S/c24-34(31,32)33-15-18-8-9-19(13-18)27-23-20(14-25-16-26-23)22(30)21-10-12-29(28-21)11-4-3-7-17-5-1-2-6-17/h10,12,14,16-19H,1-2,5-9,11,13,15H2,(H2,24,31,32)(H,25,26,27). The van der Waals surface area contributed by atoms with E-state index < -0.39 is 10.3 Å². The van der Waals surface area contributed by atoms with Crippen molar-refractivity contribution in [2.24, 2.45) is 17.0 Å². The number of carbonyl (C=O) groups is 1. The van der Waals surface area contributed by atoms with E-state index in [4.69, 9.17) is 9.32 Å². The van der Waals surface area contributed by atoms with Crippen LogP contribution in [0.2, 0.25) is 0 Å². The molecule has 2 aliphatic rings. The van der Waals surface area contributed by atoms with Gasteiger partial charge in [-0.1, -0.05) is 18.8 Å². The normalized spacial score (nSPS) is 20.7. The number of hydrogen-bond donors (Lipinski definition) is 2. The summed E-state index contributed by atoms with van der Waals surface area (Å²) in [6, 6.07) is 1.71. The molecule has 2 atom stereocenters.